The summed E-state index contributed by atoms with van der Waals surface area (Å²) in [5.74, 6) is -0.857. The van der Waals surface area contributed by atoms with Gasteiger partial charge < -0.3 is 4.79 Å². The molecule has 140 valence electrons. The Kier molecular flexibility index (Phi) is 6.36. The van der Waals surface area contributed by atoms with E-state index in [1.54, 1.807) is 50.2 Å². The molecule has 0 radical (unpaired) electrons. The molecule has 7 heteroatoms. The van der Waals surface area contributed by atoms with Gasteiger partial charge in [-0.2, -0.15) is 0 Å². The minimum absolute atomic E-state index is 0.0714. The molecular formula is C19H22O5S2. The molecule has 0 saturated carbocycles. The molecule has 0 saturated heterocycles. The summed E-state index contributed by atoms with van der Waals surface area (Å²) in [6.07, 6.45) is 0.355. The summed E-state index contributed by atoms with van der Waals surface area (Å²) >= 11 is 0. The molecule has 1 atom stereocenters. The van der Waals surface area contributed by atoms with Crippen LogP contribution in [0.3, 0.4) is 0 Å². The van der Waals surface area contributed by atoms with Gasteiger partial charge >= 0.3 is 0 Å². The zero-order chi connectivity index (χ0) is 19.4. The van der Waals surface area contributed by atoms with Crippen molar-refractivity contribution in [3.63, 3.8) is 0 Å². The fraction of sp³-hybridized carbons (Fsp3) is 0.316. The molecule has 0 heterocycles. The highest BCUT2D eigenvalue weighted by atomic mass is 32.3. The minimum atomic E-state index is -4.19. The fourth-order valence-corrected chi connectivity index (χ4v) is 7.28. The molecule has 5 nitrogen and oxygen atoms in total. The molecule has 0 bridgehead atoms. The van der Waals surface area contributed by atoms with Crippen LogP contribution in [0.1, 0.15) is 20.3 Å². The van der Waals surface area contributed by atoms with Crippen LogP contribution >= 0.6 is 0 Å². The lowest BCUT2D eigenvalue weighted by Gasteiger charge is -2.23. The van der Waals surface area contributed by atoms with Crippen molar-refractivity contribution >= 4 is 26.0 Å². The second-order valence-corrected chi connectivity index (χ2v) is 11.0. The first-order valence-corrected chi connectivity index (χ1v) is 11.3. The molecule has 0 spiro atoms. The van der Waals surface area contributed by atoms with E-state index in [-0.39, 0.29) is 22.1 Å². The third-order valence-corrected chi connectivity index (χ3v) is 9.48. The van der Waals surface area contributed by atoms with Gasteiger partial charge in [0.05, 0.1) is 9.79 Å². The number of carbonyl (C=O) groups is 1. The average molecular weight is 395 g/mol. The Bertz CT molecular complexity index is 864. The predicted octanol–water partition coefficient (Wildman–Crippen LogP) is 3.12. The van der Waals surface area contributed by atoms with Crippen LogP contribution in [0.25, 0.3) is 0 Å². The smallest absolute Gasteiger partial charge is 0.195 e. The first-order valence-electron chi connectivity index (χ1n) is 8.24. The van der Waals surface area contributed by atoms with Crippen molar-refractivity contribution in [3.8, 4) is 0 Å². The maximum atomic E-state index is 13.1. The Morgan fingerprint density at radius 2 is 1.15 bits per heavy atom. The molecule has 0 unspecified atom stereocenters. The van der Waals surface area contributed by atoms with Gasteiger partial charge in [0.2, 0.25) is 0 Å². The number of benzene rings is 2. The largest absolute Gasteiger partial charge is 0.303 e. The Morgan fingerprint density at radius 1 is 0.769 bits per heavy atom. The molecular weight excluding hydrogens is 372 g/mol. The van der Waals surface area contributed by atoms with Gasteiger partial charge in [-0.25, -0.2) is 16.8 Å². The summed E-state index contributed by atoms with van der Waals surface area (Å²) in [4.78, 5) is 11.3. The summed E-state index contributed by atoms with van der Waals surface area (Å²) in [6, 6.07) is 14.9. The highest BCUT2D eigenvalue weighted by molar-refractivity contribution is 8.09. The van der Waals surface area contributed by atoms with E-state index in [9.17, 15) is 21.6 Å². The van der Waals surface area contributed by atoms with Crippen LogP contribution in [0, 0.1) is 11.8 Å². The summed E-state index contributed by atoms with van der Waals surface area (Å²) < 4.78 is 50.8. The Labute approximate surface area is 154 Å². The van der Waals surface area contributed by atoms with Crippen molar-refractivity contribution in [2.75, 3.05) is 0 Å². The van der Waals surface area contributed by atoms with Crippen molar-refractivity contribution in [2.24, 2.45) is 11.8 Å². The normalized spacial score (nSPS) is 13.7. The van der Waals surface area contributed by atoms with Gasteiger partial charge in [-0.15, -0.1) is 0 Å². The molecule has 2 aromatic rings. The molecule has 0 aliphatic heterocycles. The van der Waals surface area contributed by atoms with Gasteiger partial charge in [0, 0.05) is 5.92 Å². The predicted molar refractivity (Wildman–Crippen MR) is 100 cm³/mol. The van der Waals surface area contributed by atoms with Crippen LogP contribution in [0.5, 0.6) is 0 Å². The van der Waals surface area contributed by atoms with Crippen LogP contribution in [0.2, 0.25) is 0 Å². The van der Waals surface area contributed by atoms with Gasteiger partial charge in [0.1, 0.15) is 6.29 Å². The first-order chi connectivity index (χ1) is 12.2. The van der Waals surface area contributed by atoms with E-state index in [1.165, 1.54) is 24.3 Å². The summed E-state index contributed by atoms with van der Waals surface area (Å²) in [5, 5.41) is 0. The van der Waals surface area contributed by atoms with Crippen molar-refractivity contribution in [1.82, 2.24) is 0 Å². The molecule has 0 fully saturated rings. The monoisotopic (exact) mass is 394 g/mol. The SMILES string of the molecule is CC(C)[C@@H](C=O)CC(S(=O)(=O)c1ccccc1)S(=O)(=O)c1ccccc1. The summed E-state index contributed by atoms with van der Waals surface area (Å²) in [5.41, 5.74) is 0. The van der Waals surface area contributed by atoms with E-state index in [1.807, 2.05) is 0 Å². The molecule has 0 N–H and O–H groups in total. The third-order valence-electron chi connectivity index (χ3n) is 4.33. The fourth-order valence-electron chi connectivity index (χ4n) is 2.65. The lowest BCUT2D eigenvalue weighted by Crippen LogP contribution is -2.34. The van der Waals surface area contributed by atoms with Gasteiger partial charge in [0.25, 0.3) is 0 Å². The number of rotatable bonds is 8. The topological polar surface area (TPSA) is 85.3 Å². The van der Waals surface area contributed by atoms with E-state index < -0.39 is 30.2 Å². The van der Waals surface area contributed by atoms with Gasteiger partial charge in [-0.3, -0.25) is 0 Å². The lowest BCUT2D eigenvalue weighted by molar-refractivity contribution is -0.112. The highest BCUT2D eigenvalue weighted by Gasteiger charge is 2.41. The molecule has 0 amide bonds. The average Bonchev–Trinajstić information content (AvgIpc) is 2.63. The standard InChI is InChI=1S/C19H22O5S2/c1-15(2)16(14-20)13-19(25(21,22)17-9-5-3-6-10-17)26(23,24)18-11-7-4-8-12-18/h3-12,14-16,19H,13H2,1-2H3/t16-/m1/s1. The molecule has 0 aliphatic carbocycles. The van der Waals surface area contributed by atoms with Crippen LogP contribution in [-0.4, -0.2) is 27.7 Å². The Morgan fingerprint density at radius 3 is 1.46 bits per heavy atom. The highest BCUT2D eigenvalue weighted by Crippen LogP contribution is 2.31. The molecule has 2 rings (SSSR count). The zero-order valence-electron chi connectivity index (χ0n) is 14.6. The van der Waals surface area contributed by atoms with Gasteiger partial charge in [-0.1, -0.05) is 50.2 Å². The van der Waals surface area contributed by atoms with E-state index in [4.69, 9.17) is 0 Å². The number of aldehydes is 1. The molecule has 0 aliphatic rings. The number of sulfone groups is 2. The van der Waals surface area contributed by atoms with Crippen LogP contribution in [-0.2, 0) is 24.5 Å². The van der Waals surface area contributed by atoms with Crippen molar-refractivity contribution in [3.05, 3.63) is 60.7 Å². The van der Waals surface area contributed by atoms with Gasteiger partial charge in [0.15, 0.2) is 24.3 Å². The van der Waals surface area contributed by atoms with E-state index in [2.05, 4.69) is 0 Å². The van der Waals surface area contributed by atoms with Crippen LogP contribution in [0.4, 0.5) is 0 Å². The second kappa shape index (κ2) is 8.14. The lowest BCUT2D eigenvalue weighted by atomic mass is 9.95. The van der Waals surface area contributed by atoms with Crippen LogP contribution < -0.4 is 0 Å². The molecule has 2 aromatic carbocycles. The van der Waals surface area contributed by atoms with Crippen LogP contribution in [0.15, 0.2) is 70.5 Å². The molecule has 26 heavy (non-hydrogen) atoms. The van der Waals surface area contributed by atoms with E-state index >= 15 is 0 Å². The summed E-state index contributed by atoms with van der Waals surface area (Å²) in [6.45, 7) is 3.53. The zero-order valence-corrected chi connectivity index (χ0v) is 16.3. The first kappa shape index (κ1) is 20.3. The Balaban J connectivity index is 2.62. The van der Waals surface area contributed by atoms with E-state index in [0.29, 0.717) is 6.29 Å². The number of carbonyl (C=O) groups excluding carboxylic acids is 1. The quantitative estimate of drug-likeness (QED) is 0.642. The molecule has 0 aromatic heterocycles. The maximum absolute atomic E-state index is 13.1. The maximum Gasteiger partial charge on any atom is 0.195 e. The van der Waals surface area contributed by atoms with Gasteiger partial charge in [-0.05, 0) is 36.6 Å². The second-order valence-electron chi connectivity index (χ2n) is 6.43. The Hall–Kier alpha value is -1.99. The van der Waals surface area contributed by atoms with Crippen molar-refractivity contribution in [2.45, 2.75) is 34.6 Å². The number of hydrogen-bond acceptors (Lipinski definition) is 5. The van der Waals surface area contributed by atoms with Crippen molar-refractivity contribution < 1.29 is 21.6 Å². The number of hydrogen-bond donors (Lipinski definition) is 0. The minimum Gasteiger partial charge on any atom is -0.303 e. The third kappa shape index (κ3) is 4.22. The summed E-state index contributed by atoms with van der Waals surface area (Å²) in [7, 11) is -8.38. The van der Waals surface area contributed by atoms with Crippen molar-refractivity contribution in [1.29, 1.82) is 0 Å². The van der Waals surface area contributed by atoms with E-state index in [0.717, 1.165) is 0 Å².